The van der Waals surface area contributed by atoms with Gasteiger partial charge in [-0.3, -0.25) is 4.68 Å². The van der Waals surface area contributed by atoms with Crippen molar-refractivity contribution in [3.8, 4) is 0 Å². The van der Waals surface area contributed by atoms with E-state index in [1.807, 2.05) is 42.8 Å². The molecule has 4 heteroatoms. The maximum Gasteiger partial charge on any atom is 0.0936 e. The van der Waals surface area contributed by atoms with Crippen LogP contribution < -0.4 is 5.73 Å². The number of aromatic nitrogens is 2. The summed E-state index contributed by atoms with van der Waals surface area (Å²) in [6.07, 6.45) is 0.869. The molecule has 2 N–H and O–H groups in total. The van der Waals surface area contributed by atoms with Crippen LogP contribution >= 0.6 is 11.6 Å². The number of rotatable bonds is 4. The Morgan fingerprint density at radius 2 is 2.00 bits per heavy atom. The van der Waals surface area contributed by atoms with E-state index in [0.717, 1.165) is 28.4 Å². The minimum atomic E-state index is -0.0209. The number of nitrogens with zero attached hydrogens (tertiary/aromatic N) is 2. The fraction of sp³-hybridized carbons (Fsp3) is 0.400. The van der Waals surface area contributed by atoms with Gasteiger partial charge in [-0.1, -0.05) is 36.7 Å². The summed E-state index contributed by atoms with van der Waals surface area (Å²) >= 11 is 6.33. The molecule has 2 rings (SSSR count). The molecule has 0 fully saturated rings. The lowest BCUT2D eigenvalue weighted by Gasteiger charge is -2.26. The highest BCUT2D eigenvalue weighted by molar-refractivity contribution is 6.31. The molecule has 102 valence electrons. The van der Waals surface area contributed by atoms with Crippen LogP contribution in [0.5, 0.6) is 0 Å². The van der Waals surface area contributed by atoms with Gasteiger partial charge in [0.15, 0.2) is 0 Å². The minimum Gasteiger partial charge on any atom is -0.326 e. The molecule has 2 aromatic rings. The SMILES string of the molecule is CCC(N)C(c1ccccc1Cl)n1nc(C)cc1C. The molecule has 19 heavy (non-hydrogen) atoms. The van der Waals surface area contributed by atoms with E-state index < -0.39 is 0 Å². The molecule has 2 unspecified atom stereocenters. The lowest BCUT2D eigenvalue weighted by molar-refractivity contribution is 0.415. The van der Waals surface area contributed by atoms with Crippen LogP contribution in [-0.4, -0.2) is 15.8 Å². The van der Waals surface area contributed by atoms with Crippen molar-refractivity contribution in [1.29, 1.82) is 0 Å². The van der Waals surface area contributed by atoms with Gasteiger partial charge in [-0.15, -0.1) is 0 Å². The Hall–Kier alpha value is -1.32. The standard InChI is InChI=1S/C15H20ClN3/c1-4-14(17)15(12-7-5-6-8-13(12)16)19-11(3)9-10(2)18-19/h5-9,14-15H,4,17H2,1-3H3. The summed E-state index contributed by atoms with van der Waals surface area (Å²) in [5, 5.41) is 5.31. The van der Waals surface area contributed by atoms with Crippen molar-refractivity contribution in [2.45, 2.75) is 39.3 Å². The van der Waals surface area contributed by atoms with Crippen LogP contribution in [0.3, 0.4) is 0 Å². The summed E-state index contributed by atoms with van der Waals surface area (Å²) in [6, 6.07) is 9.87. The molecule has 0 spiro atoms. The smallest absolute Gasteiger partial charge is 0.0936 e. The predicted molar refractivity (Wildman–Crippen MR) is 79.6 cm³/mol. The number of hydrogen-bond acceptors (Lipinski definition) is 2. The summed E-state index contributed by atoms with van der Waals surface area (Å²) in [4.78, 5) is 0. The molecule has 0 amide bonds. The molecule has 1 heterocycles. The number of aryl methyl sites for hydroxylation is 2. The van der Waals surface area contributed by atoms with Gasteiger partial charge in [-0.25, -0.2) is 0 Å². The number of benzene rings is 1. The van der Waals surface area contributed by atoms with Crippen molar-refractivity contribution in [3.63, 3.8) is 0 Å². The van der Waals surface area contributed by atoms with Crippen molar-refractivity contribution >= 4 is 11.6 Å². The highest BCUT2D eigenvalue weighted by Crippen LogP contribution is 2.29. The lowest BCUT2D eigenvalue weighted by atomic mass is 9.98. The van der Waals surface area contributed by atoms with Crippen LogP contribution in [-0.2, 0) is 0 Å². The molecular weight excluding hydrogens is 258 g/mol. The van der Waals surface area contributed by atoms with Gasteiger partial charge in [-0.05, 0) is 38.0 Å². The van der Waals surface area contributed by atoms with Gasteiger partial charge in [0.25, 0.3) is 0 Å². The van der Waals surface area contributed by atoms with E-state index in [2.05, 4.69) is 18.1 Å². The lowest BCUT2D eigenvalue weighted by Crippen LogP contribution is -2.34. The van der Waals surface area contributed by atoms with Gasteiger partial charge in [0.2, 0.25) is 0 Å². The second-order valence-electron chi connectivity index (χ2n) is 4.91. The molecule has 1 aromatic heterocycles. The van der Waals surface area contributed by atoms with Crippen LogP contribution in [0.25, 0.3) is 0 Å². The zero-order chi connectivity index (χ0) is 14.0. The van der Waals surface area contributed by atoms with Crippen molar-refractivity contribution in [2.75, 3.05) is 0 Å². The number of halogens is 1. The molecule has 0 bridgehead atoms. The second-order valence-corrected chi connectivity index (χ2v) is 5.32. The number of hydrogen-bond donors (Lipinski definition) is 1. The molecule has 0 aliphatic heterocycles. The summed E-state index contributed by atoms with van der Waals surface area (Å²) in [5.74, 6) is 0. The van der Waals surface area contributed by atoms with E-state index in [1.165, 1.54) is 0 Å². The first-order chi connectivity index (χ1) is 9.04. The molecule has 0 saturated heterocycles. The largest absolute Gasteiger partial charge is 0.326 e. The molecular formula is C15H20ClN3. The van der Waals surface area contributed by atoms with Gasteiger partial charge in [0, 0.05) is 16.8 Å². The Morgan fingerprint density at radius 1 is 1.32 bits per heavy atom. The highest BCUT2D eigenvalue weighted by Gasteiger charge is 2.24. The van der Waals surface area contributed by atoms with Gasteiger partial charge in [0.05, 0.1) is 11.7 Å². The maximum atomic E-state index is 6.33. The van der Waals surface area contributed by atoms with E-state index >= 15 is 0 Å². The quantitative estimate of drug-likeness (QED) is 0.930. The molecule has 0 radical (unpaired) electrons. The van der Waals surface area contributed by atoms with E-state index in [4.69, 9.17) is 17.3 Å². The number of nitrogens with two attached hydrogens (primary N) is 1. The first-order valence-corrected chi connectivity index (χ1v) is 6.95. The Morgan fingerprint density at radius 3 is 2.53 bits per heavy atom. The van der Waals surface area contributed by atoms with Crippen LogP contribution in [0.15, 0.2) is 30.3 Å². The summed E-state index contributed by atoms with van der Waals surface area (Å²) in [7, 11) is 0. The molecule has 3 nitrogen and oxygen atoms in total. The normalized spacial score (nSPS) is 14.4. The monoisotopic (exact) mass is 277 g/mol. The molecule has 2 atom stereocenters. The Kier molecular flexibility index (Phi) is 4.27. The molecule has 1 aromatic carbocycles. The predicted octanol–water partition coefficient (Wildman–Crippen LogP) is 3.48. The summed E-state index contributed by atoms with van der Waals surface area (Å²) in [5.41, 5.74) is 9.44. The minimum absolute atomic E-state index is 0.0158. The Balaban J connectivity index is 2.54. The zero-order valence-corrected chi connectivity index (χ0v) is 12.4. The summed E-state index contributed by atoms with van der Waals surface area (Å²) in [6.45, 7) is 6.12. The average molecular weight is 278 g/mol. The third kappa shape index (κ3) is 2.82. The maximum absolute atomic E-state index is 6.33. The van der Waals surface area contributed by atoms with Crippen LogP contribution in [0.2, 0.25) is 5.02 Å². The first kappa shape index (κ1) is 14.1. The van der Waals surface area contributed by atoms with Gasteiger partial charge >= 0.3 is 0 Å². The van der Waals surface area contributed by atoms with Gasteiger partial charge in [0.1, 0.15) is 0 Å². The Labute approximate surface area is 119 Å². The topological polar surface area (TPSA) is 43.8 Å². The Bertz CT molecular complexity index is 562. The van der Waals surface area contributed by atoms with E-state index in [1.54, 1.807) is 0 Å². The molecule has 0 saturated carbocycles. The van der Waals surface area contributed by atoms with Gasteiger partial charge < -0.3 is 5.73 Å². The van der Waals surface area contributed by atoms with Crippen molar-refractivity contribution in [3.05, 3.63) is 52.3 Å². The van der Waals surface area contributed by atoms with E-state index in [9.17, 15) is 0 Å². The van der Waals surface area contributed by atoms with Gasteiger partial charge in [-0.2, -0.15) is 5.10 Å². The van der Waals surface area contributed by atoms with Crippen LogP contribution in [0, 0.1) is 13.8 Å². The third-order valence-corrected chi connectivity index (χ3v) is 3.75. The van der Waals surface area contributed by atoms with Crippen LogP contribution in [0.4, 0.5) is 0 Å². The highest BCUT2D eigenvalue weighted by atomic mass is 35.5. The van der Waals surface area contributed by atoms with E-state index in [0.29, 0.717) is 0 Å². The zero-order valence-electron chi connectivity index (χ0n) is 11.6. The van der Waals surface area contributed by atoms with Crippen molar-refractivity contribution < 1.29 is 0 Å². The first-order valence-electron chi connectivity index (χ1n) is 6.57. The van der Waals surface area contributed by atoms with Crippen molar-refractivity contribution in [1.82, 2.24) is 9.78 Å². The fourth-order valence-electron chi connectivity index (χ4n) is 2.41. The molecule has 0 aliphatic carbocycles. The summed E-state index contributed by atoms with van der Waals surface area (Å²) < 4.78 is 1.99. The fourth-order valence-corrected chi connectivity index (χ4v) is 2.66. The van der Waals surface area contributed by atoms with E-state index in [-0.39, 0.29) is 12.1 Å². The van der Waals surface area contributed by atoms with Crippen molar-refractivity contribution in [2.24, 2.45) is 5.73 Å². The van der Waals surface area contributed by atoms with Crippen LogP contribution in [0.1, 0.15) is 36.3 Å². The molecule has 0 aliphatic rings. The third-order valence-electron chi connectivity index (χ3n) is 3.41. The average Bonchev–Trinajstić information content (AvgIpc) is 2.71. The second kappa shape index (κ2) is 5.76.